The fraction of sp³-hybridized carbons (Fsp3) is 0.457. The molecule has 2 N–H and O–H groups in total. The first-order valence-electron chi connectivity index (χ1n) is 20.5. The van der Waals surface area contributed by atoms with Crippen molar-refractivity contribution >= 4 is 25.3 Å². The van der Waals surface area contributed by atoms with Crippen molar-refractivity contribution in [2.75, 3.05) is 39.5 Å². The van der Waals surface area contributed by atoms with E-state index in [1.807, 2.05) is 97.3 Å². The van der Waals surface area contributed by atoms with E-state index >= 15 is 0 Å². The van der Waals surface area contributed by atoms with E-state index in [0.717, 1.165) is 28.2 Å². The van der Waals surface area contributed by atoms with Gasteiger partial charge < -0.3 is 38.5 Å². The Bertz CT molecular complexity index is 2050. The molecule has 1 fully saturated rings. The highest BCUT2D eigenvalue weighted by molar-refractivity contribution is 6.77. The topological polar surface area (TPSA) is 131 Å². The molecule has 1 aliphatic heterocycles. The van der Waals surface area contributed by atoms with Crippen molar-refractivity contribution in [2.45, 2.75) is 102 Å². The van der Waals surface area contributed by atoms with Crippen LogP contribution in [-0.4, -0.2) is 85.4 Å². The molecule has 59 heavy (non-hydrogen) atoms. The number of allylic oxidation sites excluding steroid dienone is 1. The summed E-state index contributed by atoms with van der Waals surface area (Å²) in [7, 11) is 0.982. The highest BCUT2D eigenvalue weighted by Gasteiger charge is 2.50. The van der Waals surface area contributed by atoms with Crippen molar-refractivity contribution in [1.82, 2.24) is 19.5 Å². The van der Waals surface area contributed by atoms with Gasteiger partial charge in [-0.15, -0.1) is 0 Å². The quantitative estimate of drug-likeness (QED) is 0.0358. The Morgan fingerprint density at radius 2 is 1.41 bits per heavy atom. The number of benzene rings is 3. The molecule has 4 atom stereocenters. The molecule has 1 aliphatic rings. The molecule has 3 aromatic carbocycles. The van der Waals surface area contributed by atoms with Crippen LogP contribution in [0, 0.1) is 0 Å². The summed E-state index contributed by atoms with van der Waals surface area (Å²) in [6.07, 6.45) is 1.62. The van der Waals surface area contributed by atoms with Gasteiger partial charge in [0.25, 0.3) is 0 Å². The average molecular weight is 824 g/mol. The summed E-state index contributed by atoms with van der Waals surface area (Å²) in [5.41, 5.74) is 4.84. The summed E-state index contributed by atoms with van der Waals surface area (Å²) in [6, 6.07) is 25.7. The smallest absolute Gasteiger partial charge is 0.203 e. The average Bonchev–Trinajstić information content (AvgIpc) is 3.80. The summed E-state index contributed by atoms with van der Waals surface area (Å²) in [5, 5.41) is 15.7. The van der Waals surface area contributed by atoms with Crippen molar-refractivity contribution < 1.29 is 33.2 Å². The molecule has 5 aromatic rings. The molecular formula is C46H61N5O7Si. The third-order valence-electron chi connectivity index (χ3n) is 11.6. The maximum Gasteiger partial charge on any atom is 0.203 e. The second kappa shape index (κ2) is 19.2. The number of fused-ring (bicyclic) bond motifs is 1. The van der Waals surface area contributed by atoms with Crippen LogP contribution in [0.3, 0.4) is 0 Å². The van der Waals surface area contributed by atoms with Gasteiger partial charge in [0, 0.05) is 6.54 Å². The Morgan fingerprint density at radius 3 is 1.95 bits per heavy atom. The lowest BCUT2D eigenvalue weighted by atomic mass is 9.80. The first kappa shape index (κ1) is 43.9. The summed E-state index contributed by atoms with van der Waals surface area (Å²) >= 11 is 0. The predicted octanol–water partition coefficient (Wildman–Crippen LogP) is 9.02. The molecule has 1 saturated heterocycles. The molecule has 0 aliphatic carbocycles. The number of hydrogen-bond acceptors (Lipinski definition) is 11. The van der Waals surface area contributed by atoms with Crippen molar-refractivity contribution in [3.05, 3.63) is 120 Å². The number of methoxy groups -OCH3 is 2. The monoisotopic (exact) mass is 823 g/mol. The van der Waals surface area contributed by atoms with E-state index in [4.69, 9.17) is 33.1 Å². The van der Waals surface area contributed by atoms with Gasteiger partial charge in [-0.2, -0.15) is 0 Å². The van der Waals surface area contributed by atoms with E-state index in [9.17, 15) is 5.11 Å². The highest BCUT2D eigenvalue weighted by Crippen LogP contribution is 2.45. The zero-order chi connectivity index (χ0) is 42.3. The van der Waals surface area contributed by atoms with Crippen LogP contribution < -0.4 is 14.8 Å². The summed E-state index contributed by atoms with van der Waals surface area (Å²) in [6.45, 7) is 18.1. The number of ether oxygens (including phenoxy) is 5. The van der Waals surface area contributed by atoms with Crippen LogP contribution in [-0.2, 0) is 24.2 Å². The lowest BCUT2D eigenvalue weighted by Crippen LogP contribution is -2.49. The number of aliphatic hydroxyl groups excluding tert-OH is 1. The molecule has 3 heterocycles. The van der Waals surface area contributed by atoms with Gasteiger partial charge in [-0.3, -0.25) is 4.57 Å². The van der Waals surface area contributed by atoms with Gasteiger partial charge in [-0.1, -0.05) is 108 Å². The summed E-state index contributed by atoms with van der Waals surface area (Å²) in [4.78, 5) is 13.8. The zero-order valence-corrected chi connectivity index (χ0v) is 37.1. The van der Waals surface area contributed by atoms with Gasteiger partial charge in [-0.05, 0) is 71.4 Å². The minimum absolute atomic E-state index is 0.00129. The molecule has 0 spiro atoms. The largest absolute Gasteiger partial charge is 0.497 e. The number of hydrogen-bond donors (Lipinski definition) is 2. The van der Waals surface area contributed by atoms with Crippen LogP contribution in [0.5, 0.6) is 11.5 Å². The van der Waals surface area contributed by atoms with Crippen LogP contribution in [0.15, 0.2) is 103 Å². The third kappa shape index (κ3) is 8.96. The molecule has 12 nitrogen and oxygen atoms in total. The van der Waals surface area contributed by atoms with E-state index in [-0.39, 0.29) is 13.4 Å². The van der Waals surface area contributed by atoms with Crippen LogP contribution in [0.4, 0.5) is 5.82 Å². The van der Waals surface area contributed by atoms with E-state index in [0.29, 0.717) is 40.2 Å². The van der Waals surface area contributed by atoms with Gasteiger partial charge in [-0.25, -0.2) is 15.0 Å². The SMILES string of the molecule is COc1ccc(C(OC[C@H]2O[C@@H](n3cnc4c(NCC=C(C)C)ncnc43)[C@H](OCO[Si](C(C)C)(C(C)C)C(C)C)[C@@H]2O)(c2ccccc2)c2ccc(OC)cc2)cc1. The predicted molar refractivity (Wildman–Crippen MR) is 233 cm³/mol. The fourth-order valence-corrected chi connectivity index (χ4v) is 14.0. The van der Waals surface area contributed by atoms with Gasteiger partial charge in [0.1, 0.15) is 48.5 Å². The Hall–Kier alpha value is -4.63. The van der Waals surface area contributed by atoms with Gasteiger partial charge >= 0.3 is 0 Å². The molecule has 2 aromatic heterocycles. The maximum absolute atomic E-state index is 12.3. The van der Waals surface area contributed by atoms with Gasteiger partial charge in [0.15, 0.2) is 23.2 Å². The minimum atomic E-state index is -2.31. The summed E-state index contributed by atoms with van der Waals surface area (Å²) in [5.74, 6) is 2.03. The van der Waals surface area contributed by atoms with Crippen molar-refractivity contribution in [3.8, 4) is 11.5 Å². The Labute approximate surface area is 350 Å². The molecular weight excluding hydrogens is 763 g/mol. The van der Waals surface area contributed by atoms with Crippen molar-refractivity contribution in [2.24, 2.45) is 0 Å². The number of aromatic nitrogens is 4. The zero-order valence-electron chi connectivity index (χ0n) is 36.1. The van der Waals surface area contributed by atoms with Crippen molar-refractivity contribution in [3.63, 3.8) is 0 Å². The number of nitrogens with one attached hydrogen (secondary N) is 1. The van der Waals surface area contributed by atoms with E-state index < -0.39 is 38.5 Å². The maximum atomic E-state index is 12.3. The van der Waals surface area contributed by atoms with Crippen LogP contribution in [0.2, 0.25) is 16.6 Å². The molecule has 0 unspecified atom stereocenters. The number of aliphatic hydroxyl groups is 1. The fourth-order valence-electron chi connectivity index (χ4n) is 8.78. The number of nitrogens with zero attached hydrogens (tertiary/aromatic N) is 4. The second-order valence-corrected chi connectivity index (χ2v) is 21.8. The number of anilines is 1. The molecule has 316 valence electrons. The second-order valence-electron chi connectivity index (χ2n) is 16.3. The Kier molecular flexibility index (Phi) is 14.3. The normalized spacial score (nSPS) is 18.5. The third-order valence-corrected chi connectivity index (χ3v) is 17.7. The number of rotatable bonds is 19. The Morgan fingerprint density at radius 1 is 0.831 bits per heavy atom. The first-order chi connectivity index (χ1) is 28.4. The number of imidazole rings is 1. The standard InChI is InChI=1S/C46H61N5O7Si/c1-30(2)24-25-47-43-40-44(49-27-48-43)51(28-50-40)45-42(55-29-57-59(31(3)4,32(5)6)33(7)8)41(52)39(58-45)26-56-46(34-14-12-11-13-15-34,35-16-20-37(53-9)21-17-35)36-18-22-38(54-10)23-19-36/h11-24,27-28,31-33,39,41-42,45,52H,25-26,29H2,1-10H3,(H,47,48,49)/t39-,41-,42-,45-/m1/s1. The summed E-state index contributed by atoms with van der Waals surface area (Å²) < 4.78 is 40.4. The molecule has 0 bridgehead atoms. The molecule has 0 radical (unpaired) electrons. The molecule has 0 amide bonds. The minimum Gasteiger partial charge on any atom is -0.497 e. The van der Waals surface area contributed by atoms with E-state index in [2.05, 4.69) is 62.9 Å². The van der Waals surface area contributed by atoms with Crippen LogP contribution in [0.25, 0.3) is 11.2 Å². The van der Waals surface area contributed by atoms with E-state index in [1.165, 1.54) is 11.9 Å². The lowest BCUT2D eigenvalue weighted by molar-refractivity contribution is -0.114. The van der Waals surface area contributed by atoms with Gasteiger partial charge in [0.05, 0.1) is 27.2 Å². The van der Waals surface area contributed by atoms with Crippen LogP contribution in [0.1, 0.15) is 78.3 Å². The van der Waals surface area contributed by atoms with E-state index in [1.54, 1.807) is 20.5 Å². The molecule has 6 rings (SSSR count). The lowest BCUT2D eigenvalue weighted by Gasteiger charge is -2.42. The first-order valence-corrected chi connectivity index (χ1v) is 22.6. The van der Waals surface area contributed by atoms with Gasteiger partial charge in [0.2, 0.25) is 8.32 Å². The molecule has 13 heteroatoms. The Balaban J connectivity index is 1.39. The molecule has 0 saturated carbocycles. The van der Waals surface area contributed by atoms with Crippen molar-refractivity contribution in [1.29, 1.82) is 0 Å². The van der Waals surface area contributed by atoms with Crippen LogP contribution >= 0.6 is 0 Å². The highest BCUT2D eigenvalue weighted by atomic mass is 28.4.